The third-order valence-electron chi connectivity index (χ3n) is 3.72. The zero-order valence-electron chi connectivity index (χ0n) is 11.4. The third kappa shape index (κ3) is 2.65. The topological polar surface area (TPSA) is 53.1 Å². The summed E-state index contributed by atoms with van der Waals surface area (Å²) in [5.74, 6) is 1.93. The van der Waals surface area contributed by atoms with E-state index in [1.165, 1.54) is 29.7 Å². The van der Waals surface area contributed by atoms with E-state index < -0.39 is 0 Å². The Morgan fingerprint density at radius 1 is 1.37 bits per heavy atom. The molecule has 1 aromatic carbocycles. The number of hydrogen-bond acceptors (Lipinski definition) is 3. The van der Waals surface area contributed by atoms with Gasteiger partial charge in [-0.15, -0.1) is 0 Å². The van der Waals surface area contributed by atoms with Crippen LogP contribution in [-0.4, -0.2) is 29.3 Å². The van der Waals surface area contributed by atoms with Crippen molar-refractivity contribution in [2.75, 3.05) is 19.8 Å². The number of fused-ring (bicyclic) bond motifs is 1. The van der Waals surface area contributed by atoms with Crippen LogP contribution in [0.25, 0.3) is 11.0 Å². The molecule has 102 valence electrons. The molecule has 2 aromatic rings. The summed E-state index contributed by atoms with van der Waals surface area (Å²) in [6.45, 7) is 1.95. The van der Waals surface area contributed by atoms with E-state index >= 15 is 0 Å². The normalized spacial score (nSPS) is 15.3. The van der Waals surface area contributed by atoms with Crippen LogP contribution in [0, 0.1) is 0 Å². The Morgan fingerprint density at radius 3 is 2.95 bits per heavy atom. The third-order valence-corrected chi connectivity index (χ3v) is 3.72. The maximum atomic E-state index is 5.43. The van der Waals surface area contributed by atoms with E-state index in [4.69, 9.17) is 15.5 Å². The van der Waals surface area contributed by atoms with Gasteiger partial charge >= 0.3 is 0 Å². The van der Waals surface area contributed by atoms with Crippen molar-refractivity contribution in [1.82, 2.24) is 9.55 Å². The Kier molecular flexibility index (Phi) is 3.53. The molecule has 1 saturated carbocycles. The number of aromatic nitrogens is 2. The predicted molar refractivity (Wildman–Crippen MR) is 76.3 cm³/mol. The summed E-state index contributed by atoms with van der Waals surface area (Å²) in [4.78, 5) is 4.78. The van der Waals surface area contributed by atoms with Crippen LogP contribution in [-0.2, 0) is 18.2 Å². The smallest absolute Gasteiger partial charge is 0.112 e. The summed E-state index contributed by atoms with van der Waals surface area (Å²) in [5.41, 5.74) is 9.02. The van der Waals surface area contributed by atoms with Gasteiger partial charge in [-0.05, 0) is 37.0 Å². The average Bonchev–Trinajstić information content (AvgIpc) is 3.21. The molecule has 0 atom stereocenters. The monoisotopic (exact) mass is 259 g/mol. The SMILES string of the molecule is Cn1c(C2CC2)nc2cc(CCOCCN)ccc21. The number of hydrogen-bond donors (Lipinski definition) is 1. The molecule has 0 amide bonds. The van der Waals surface area contributed by atoms with Crippen LogP contribution in [0.4, 0.5) is 0 Å². The summed E-state index contributed by atoms with van der Waals surface area (Å²) in [6.07, 6.45) is 3.50. The predicted octanol–water partition coefficient (Wildman–Crippen LogP) is 1.97. The summed E-state index contributed by atoms with van der Waals surface area (Å²) in [5, 5.41) is 0. The summed E-state index contributed by atoms with van der Waals surface area (Å²) in [7, 11) is 2.12. The van der Waals surface area contributed by atoms with Crippen LogP contribution in [0.1, 0.15) is 30.1 Å². The largest absolute Gasteiger partial charge is 0.380 e. The van der Waals surface area contributed by atoms with Gasteiger partial charge in [0.15, 0.2) is 0 Å². The number of nitrogens with zero attached hydrogens (tertiary/aromatic N) is 2. The summed E-state index contributed by atoms with van der Waals surface area (Å²) >= 11 is 0. The lowest BCUT2D eigenvalue weighted by molar-refractivity contribution is 0.145. The standard InChI is InChI=1S/C15H21N3O/c1-18-14-5-2-11(6-8-19-9-7-16)10-13(14)17-15(18)12-3-4-12/h2,5,10,12H,3-4,6-9,16H2,1H3. The van der Waals surface area contributed by atoms with Crippen molar-refractivity contribution in [2.45, 2.75) is 25.2 Å². The van der Waals surface area contributed by atoms with Gasteiger partial charge < -0.3 is 15.0 Å². The molecule has 4 heteroatoms. The van der Waals surface area contributed by atoms with Gasteiger partial charge in [0.05, 0.1) is 24.2 Å². The molecule has 0 aliphatic heterocycles. The maximum absolute atomic E-state index is 5.43. The second-order valence-corrected chi connectivity index (χ2v) is 5.28. The van der Waals surface area contributed by atoms with Crippen molar-refractivity contribution in [3.05, 3.63) is 29.6 Å². The van der Waals surface area contributed by atoms with Crippen molar-refractivity contribution < 1.29 is 4.74 Å². The second-order valence-electron chi connectivity index (χ2n) is 5.28. The van der Waals surface area contributed by atoms with E-state index in [2.05, 4.69) is 29.8 Å². The van der Waals surface area contributed by atoms with Crippen molar-refractivity contribution in [3.63, 3.8) is 0 Å². The molecule has 0 unspecified atom stereocenters. The van der Waals surface area contributed by atoms with Crippen LogP contribution < -0.4 is 5.73 Å². The number of ether oxygens (including phenoxy) is 1. The Morgan fingerprint density at radius 2 is 2.21 bits per heavy atom. The average molecular weight is 259 g/mol. The molecule has 0 saturated heterocycles. The van der Waals surface area contributed by atoms with Gasteiger partial charge in [0.25, 0.3) is 0 Å². The lowest BCUT2D eigenvalue weighted by atomic mass is 10.1. The van der Waals surface area contributed by atoms with Crippen LogP contribution in [0.3, 0.4) is 0 Å². The summed E-state index contributed by atoms with van der Waals surface area (Å²) in [6, 6.07) is 6.53. The number of aryl methyl sites for hydroxylation is 1. The molecule has 1 aliphatic carbocycles. The van der Waals surface area contributed by atoms with Crippen molar-refractivity contribution >= 4 is 11.0 Å². The molecule has 0 bridgehead atoms. The fourth-order valence-corrected chi connectivity index (χ4v) is 2.50. The van der Waals surface area contributed by atoms with Gasteiger partial charge in [-0.1, -0.05) is 6.07 Å². The van der Waals surface area contributed by atoms with E-state index in [-0.39, 0.29) is 0 Å². The number of benzene rings is 1. The zero-order valence-corrected chi connectivity index (χ0v) is 11.4. The molecular weight excluding hydrogens is 238 g/mol. The Labute approximate surface area is 113 Å². The number of imidazole rings is 1. The fraction of sp³-hybridized carbons (Fsp3) is 0.533. The number of rotatable bonds is 6. The number of nitrogens with two attached hydrogens (primary N) is 1. The van der Waals surface area contributed by atoms with Crippen LogP contribution >= 0.6 is 0 Å². The molecule has 2 N–H and O–H groups in total. The molecule has 19 heavy (non-hydrogen) atoms. The van der Waals surface area contributed by atoms with Gasteiger partial charge in [-0.25, -0.2) is 4.98 Å². The van der Waals surface area contributed by atoms with Gasteiger partial charge in [-0.3, -0.25) is 0 Å². The Balaban J connectivity index is 1.76. The first-order chi connectivity index (χ1) is 9.29. The van der Waals surface area contributed by atoms with Crippen LogP contribution in [0.15, 0.2) is 18.2 Å². The van der Waals surface area contributed by atoms with Crippen molar-refractivity contribution in [2.24, 2.45) is 12.8 Å². The van der Waals surface area contributed by atoms with Gasteiger partial charge in [0.2, 0.25) is 0 Å². The van der Waals surface area contributed by atoms with Gasteiger partial charge in [0.1, 0.15) is 5.82 Å². The molecular formula is C15H21N3O. The Hall–Kier alpha value is -1.39. The molecule has 0 spiro atoms. The van der Waals surface area contributed by atoms with E-state index in [9.17, 15) is 0 Å². The van der Waals surface area contributed by atoms with Gasteiger partial charge in [0, 0.05) is 19.5 Å². The lowest BCUT2D eigenvalue weighted by Crippen LogP contribution is -2.10. The molecule has 3 rings (SSSR count). The van der Waals surface area contributed by atoms with E-state index in [0.29, 0.717) is 19.1 Å². The molecule has 0 radical (unpaired) electrons. The highest BCUT2D eigenvalue weighted by atomic mass is 16.5. The first-order valence-corrected chi connectivity index (χ1v) is 7.02. The van der Waals surface area contributed by atoms with Gasteiger partial charge in [-0.2, -0.15) is 0 Å². The summed E-state index contributed by atoms with van der Waals surface area (Å²) < 4.78 is 7.66. The molecule has 1 heterocycles. The minimum atomic E-state index is 0.587. The van der Waals surface area contributed by atoms with E-state index in [1.807, 2.05) is 0 Å². The highest BCUT2D eigenvalue weighted by Crippen LogP contribution is 2.40. The van der Waals surface area contributed by atoms with Crippen molar-refractivity contribution in [1.29, 1.82) is 0 Å². The fourth-order valence-electron chi connectivity index (χ4n) is 2.50. The first kappa shape index (κ1) is 12.6. The van der Waals surface area contributed by atoms with Crippen LogP contribution in [0.2, 0.25) is 0 Å². The highest BCUT2D eigenvalue weighted by Gasteiger charge is 2.28. The quantitative estimate of drug-likeness (QED) is 0.807. The Bertz CT molecular complexity index is 572. The molecule has 1 aromatic heterocycles. The minimum absolute atomic E-state index is 0.587. The lowest BCUT2D eigenvalue weighted by Gasteiger charge is -2.03. The van der Waals surface area contributed by atoms with E-state index in [0.717, 1.165) is 18.5 Å². The first-order valence-electron chi connectivity index (χ1n) is 7.02. The maximum Gasteiger partial charge on any atom is 0.112 e. The second kappa shape index (κ2) is 5.31. The molecule has 1 aliphatic rings. The molecule has 1 fully saturated rings. The van der Waals surface area contributed by atoms with Crippen LogP contribution in [0.5, 0.6) is 0 Å². The minimum Gasteiger partial charge on any atom is -0.380 e. The highest BCUT2D eigenvalue weighted by molar-refractivity contribution is 5.77. The zero-order chi connectivity index (χ0) is 13.2. The van der Waals surface area contributed by atoms with E-state index in [1.54, 1.807) is 0 Å². The molecule has 4 nitrogen and oxygen atoms in total. The van der Waals surface area contributed by atoms with Crippen molar-refractivity contribution in [3.8, 4) is 0 Å².